The van der Waals surface area contributed by atoms with E-state index in [-0.39, 0.29) is 17.1 Å². The van der Waals surface area contributed by atoms with E-state index in [1.165, 1.54) is 27.0 Å². The molecule has 1 aromatic rings. The quantitative estimate of drug-likeness (QED) is 0.874. The lowest BCUT2D eigenvalue weighted by atomic mass is 9.97. The van der Waals surface area contributed by atoms with Gasteiger partial charge < -0.3 is 14.9 Å². The van der Waals surface area contributed by atoms with Crippen LogP contribution < -0.4 is 4.74 Å². The Balaban J connectivity index is 3.53. The van der Waals surface area contributed by atoms with E-state index in [2.05, 4.69) is 15.9 Å². The Bertz CT molecular complexity index is 385. The van der Waals surface area contributed by atoms with E-state index in [0.717, 1.165) is 0 Å². The van der Waals surface area contributed by atoms with E-state index >= 15 is 0 Å². The number of aromatic hydroxyl groups is 1. The molecule has 0 aromatic heterocycles. The molecule has 0 aliphatic heterocycles. The Labute approximate surface area is 95.6 Å². The number of phenolic OH excluding ortho intramolecular Hbond substituents is 1. The number of aliphatic hydroxyl groups is 1. The van der Waals surface area contributed by atoms with Gasteiger partial charge in [0.25, 0.3) is 0 Å². The molecule has 0 radical (unpaired) electrons. The van der Waals surface area contributed by atoms with Gasteiger partial charge in [0, 0.05) is 10.0 Å². The summed E-state index contributed by atoms with van der Waals surface area (Å²) in [7, 11) is 1.25. The highest BCUT2D eigenvalue weighted by molar-refractivity contribution is 9.10. The minimum atomic E-state index is -1.36. The monoisotopic (exact) mass is 278 g/mol. The summed E-state index contributed by atoms with van der Waals surface area (Å²) in [5.74, 6) is -1.35. The molecule has 0 atom stereocenters. The van der Waals surface area contributed by atoms with Crippen molar-refractivity contribution >= 4 is 15.9 Å². The number of halogens is 2. The second kappa shape index (κ2) is 3.98. The van der Waals surface area contributed by atoms with Crippen LogP contribution in [0.25, 0.3) is 0 Å². The molecule has 0 saturated carbocycles. The fourth-order valence-corrected chi connectivity index (χ4v) is 2.22. The topological polar surface area (TPSA) is 49.7 Å². The van der Waals surface area contributed by atoms with Crippen LogP contribution in [0.4, 0.5) is 4.39 Å². The number of benzene rings is 1. The SMILES string of the molecule is COc1c(O)cc(Br)c(C(C)(C)O)c1F. The molecular formula is C10H12BrFO3. The maximum Gasteiger partial charge on any atom is 0.197 e. The van der Waals surface area contributed by atoms with Crippen molar-refractivity contribution in [2.45, 2.75) is 19.4 Å². The van der Waals surface area contributed by atoms with E-state index < -0.39 is 11.4 Å². The summed E-state index contributed by atoms with van der Waals surface area (Å²) < 4.78 is 18.8. The first-order valence-corrected chi connectivity index (χ1v) is 5.06. The third-order valence-corrected chi connectivity index (χ3v) is 2.60. The number of hydrogen-bond acceptors (Lipinski definition) is 3. The lowest BCUT2D eigenvalue weighted by molar-refractivity contribution is 0.0729. The van der Waals surface area contributed by atoms with Gasteiger partial charge in [-0.2, -0.15) is 0 Å². The van der Waals surface area contributed by atoms with Gasteiger partial charge in [0.2, 0.25) is 0 Å². The van der Waals surface area contributed by atoms with Crippen molar-refractivity contribution < 1.29 is 19.3 Å². The highest BCUT2D eigenvalue weighted by atomic mass is 79.9. The van der Waals surface area contributed by atoms with Gasteiger partial charge in [0.05, 0.1) is 12.7 Å². The van der Waals surface area contributed by atoms with Gasteiger partial charge in [-0.1, -0.05) is 15.9 Å². The summed E-state index contributed by atoms with van der Waals surface area (Å²) >= 11 is 3.08. The average Bonchev–Trinajstić information content (AvgIpc) is 2.00. The second-order valence-corrected chi connectivity index (χ2v) is 4.51. The summed E-state index contributed by atoms with van der Waals surface area (Å²) in [6.07, 6.45) is 0. The van der Waals surface area contributed by atoms with Crippen molar-refractivity contribution in [2.24, 2.45) is 0 Å². The van der Waals surface area contributed by atoms with Crippen molar-refractivity contribution in [3.8, 4) is 11.5 Å². The number of ether oxygens (including phenoxy) is 1. The molecule has 0 aliphatic carbocycles. The van der Waals surface area contributed by atoms with Gasteiger partial charge in [0.15, 0.2) is 17.3 Å². The van der Waals surface area contributed by atoms with Gasteiger partial charge >= 0.3 is 0 Å². The molecule has 0 bridgehead atoms. The van der Waals surface area contributed by atoms with E-state index in [1.54, 1.807) is 0 Å². The summed E-state index contributed by atoms with van der Waals surface area (Å²) in [6, 6.07) is 1.29. The summed E-state index contributed by atoms with van der Waals surface area (Å²) in [4.78, 5) is 0. The van der Waals surface area contributed by atoms with E-state index in [0.29, 0.717) is 4.47 Å². The molecule has 0 fully saturated rings. The fraction of sp³-hybridized carbons (Fsp3) is 0.400. The molecule has 0 unspecified atom stereocenters. The molecule has 0 saturated heterocycles. The molecule has 84 valence electrons. The lowest BCUT2D eigenvalue weighted by Crippen LogP contribution is -2.19. The molecule has 0 heterocycles. The molecule has 15 heavy (non-hydrogen) atoms. The molecule has 0 amide bonds. The Morgan fingerprint density at radius 1 is 1.47 bits per heavy atom. The van der Waals surface area contributed by atoms with Crippen LogP contribution >= 0.6 is 15.9 Å². The zero-order valence-corrected chi connectivity index (χ0v) is 10.2. The van der Waals surface area contributed by atoms with E-state index in [4.69, 9.17) is 4.74 Å². The molecule has 3 nitrogen and oxygen atoms in total. The lowest BCUT2D eigenvalue weighted by Gasteiger charge is -2.21. The van der Waals surface area contributed by atoms with E-state index in [9.17, 15) is 14.6 Å². The van der Waals surface area contributed by atoms with Gasteiger partial charge in [-0.3, -0.25) is 0 Å². The zero-order chi connectivity index (χ0) is 11.8. The molecule has 0 spiro atoms. The molecule has 1 aromatic carbocycles. The third-order valence-electron chi connectivity index (χ3n) is 1.97. The number of methoxy groups -OCH3 is 1. The Morgan fingerprint density at radius 2 is 2.00 bits per heavy atom. The number of rotatable bonds is 2. The Kier molecular flexibility index (Phi) is 3.25. The fourth-order valence-electron chi connectivity index (χ4n) is 1.34. The van der Waals surface area contributed by atoms with Crippen LogP contribution in [0.1, 0.15) is 19.4 Å². The smallest absolute Gasteiger partial charge is 0.197 e. The highest BCUT2D eigenvalue weighted by Gasteiger charge is 2.28. The summed E-state index contributed by atoms with van der Waals surface area (Å²) in [6.45, 7) is 2.90. The summed E-state index contributed by atoms with van der Waals surface area (Å²) in [5.41, 5.74) is -1.30. The molecule has 0 aliphatic rings. The van der Waals surface area contributed by atoms with E-state index in [1.807, 2.05) is 0 Å². The second-order valence-electron chi connectivity index (χ2n) is 3.66. The average molecular weight is 279 g/mol. The minimum Gasteiger partial charge on any atom is -0.504 e. The van der Waals surface area contributed by atoms with Crippen LogP contribution in [-0.2, 0) is 5.60 Å². The van der Waals surface area contributed by atoms with Crippen LogP contribution in [0, 0.1) is 5.82 Å². The van der Waals surface area contributed by atoms with Crippen molar-refractivity contribution in [1.29, 1.82) is 0 Å². The number of phenols is 1. The first kappa shape index (κ1) is 12.3. The van der Waals surface area contributed by atoms with Crippen molar-refractivity contribution in [3.63, 3.8) is 0 Å². The highest BCUT2D eigenvalue weighted by Crippen LogP contribution is 2.40. The standard InChI is InChI=1S/C10H12BrFO3/c1-10(2,14)7-5(11)4-6(13)9(15-3)8(7)12/h4,13-14H,1-3H3. The van der Waals surface area contributed by atoms with Gasteiger partial charge in [-0.25, -0.2) is 4.39 Å². The normalized spacial score (nSPS) is 11.6. The zero-order valence-electron chi connectivity index (χ0n) is 8.64. The molecule has 2 N–H and O–H groups in total. The largest absolute Gasteiger partial charge is 0.504 e. The van der Waals surface area contributed by atoms with Crippen molar-refractivity contribution in [1.82, 2.24) is 0 Å². The predicted molar refractivity (Wildman–Crippen MR) is 57.6 cm³/mol. The Morgan fingerprint density at radius 3 is 2.40 bits per heavy atom. The van der Waals surface area contributed by atoms with Gasteiger partial charge in [0.1, 0.15) is 0 Å². The first-order chi connectivity index (χ1) is 6.79. The van der Waals surface area contributed by atoms with Crippen LogP contribution in [0.3, 0.4) is 0 Å². The maximum absolute atomic E-state index is 13.8. The van der Waals surface area contributed by atoms with Crippen molar-refractivity contribution in [3.05, 3.63) is 21.9 Å². The number of hydrogen-bond donors (Lipinski definition) is 2. The molecular weight excluding hydrogens is 267 g/mol. The third kappa shape index (κ3) is 2.23. The van der Waals surface area contributed by atoms with Gasteiger partial charge in [-0.05, 0) is 19.9 Å². The molecule has 1 rings (SSSR count). The Hall–Kier alpha value is -0.810. The van der Waals surface area contributed by atoms with Gasteiger partial charge in [-0.15, -0.1) is 0 Å². The van der Waals surface area contributed by atoms with Crippen LogP contribution in [0.2, 0.25) is 0 Å². The minimum absolute atomic E-state index is 0.0529. The van der Waals surface area contributed by atoms with Crippen LogP contribution in [-0.4, -0.2) is 17.3 Å². The van der Waals surface area contributed by atoms with Crippen LogP contribution in [0.15, 0.2) is 10.5 Å². The summed E-state index contributed by atoms with van der Waals surface area (Å²) in [5, 5.41) is 19.1. The molecule has 5 heteroatoms. The first-order valence-electron chi connectivity index (χ1n) is 4.26. The van der Waals surface area contributed by atoms with Crippen molar-refractivity contribution in [2.75, 3.05) is 7.11 Å². The van der Waals surface area contributed by atoms with Crippen LogP contribution in [0.5, 0.6) is 11.5 Å². The maximum atomic E-state index is 13.8. The predicted octanol–water partition coefficient (Wildman–Crippen LogP) is 2.53.